The van der Waals surface area contributed by atoms with Gasteiger partial charge in [0, 0.05) is 43.2 Å². The summed E-state index contributed by atoms with van der Waals surface area (Å²) in [6.45, 7) is 7.01. The molecule has 0 saturated carbocycles. The topological polar surface area (TPSA) is 79.6 Å². The van der Waals surface area contributed by atoms with E-state index in [1.54, 1.807) is 24.8 Å². The molecule has 1 amide bonds. The summed E-state index contributed by atoms with van der Waals surface area (Å²) in [6, 6.07) is 3.90. The van der Waals surface area contributed by atoms with Gasteiger partial charge in [-0.3, -0.25) is 4.79 Å². The second kappa shape index (κ2) is 9.97. The van der Waals surface area contributed by atoms with Crippen LogP contribution in [0, 0.1) is 18.6 Å². The van der Waals surface area contributed by atoms with Crippen molar-refractivity contribution in [2.24, 2.45) is 0 Å². The number of rotatable bonds is 8. The molecule has 1 aliphatic rings. The van der Waals surface area contributed by atoms with Crippen LogP contribution in [0.5, 0.6) is 0 Å². The Kier molecular flexibility index (Phi) is 7.34. The van der Waals surface area contributed by atoms with Gasteiger partial charge in [0.25, 0.3) is 5.91 Å². The molecule has 0 aliphatic carbocycles. The highest BCUT2D eigenvalue weighted by molar-refractivity contribution is 7.80. The number of nitrogens with one attached hydrogen (secondary N) is 2. The largest absolute Gasteiger partial charge is 0.382 e. The molecule has 0 radical (unpaired) electrons. The van der Waals surface area contributed by atoms with E-state index in [2.05, 4.69) is 15.8 Å². The van der Waals surface area contributed by atoms with E-state index in [1.165, 1.54) is 6.07 Å². The number of hydrogen-bond donors (Lipinski definition) is 2. The maximum Gasteiger partial charge on any atom is 0.257 e. The number of anilines is 1. The number of hydrogen-bond acceptors (Lipinski definition) is 5. The Hall–Kier alpha value is -2.85. The van der Waals surface area contributed by atoms with E-state index < -0.39 is 23.6 Å². The smallest absolute Gasteiger partial charge is 0.257 e. The molecule has 166 valence electrons. The molecule has 7 nitrogen and oxygen atoms in total. The minimum Gasteiger partial charge on any atom is -0.382 e. The second-order valence-electron chi connectivity index (χ2n) is 7.03. The minimum atomic E-state index is -0.899. The van der Waals surface area contributed by atoms with Crippen LogP contribution >= 0.6 is 12.2 Å². The first kappa shape index (κ1) is 22.8. The number of thiocarbonyl (C=S) groups is 1. The number of halogens is 2. The molecule has 2 heterocycles. The van der Waals surface area contributed by atoms with E-state index in [0.717, 1.165) is 12.1 Å². The molecule has 1 aliphatic heterocycles. The molecule has 10 heteroatoms. The van der Waals surface area contributed by atoms with E-state index in [4.69, 9.17) is 21.5 Å². The first-order chi connectivity index (χ1) is 14.8. The number of ether oxygens (including phenoxy) is 1. The van der Waals surface area contributed by atoms with E-state index in [0.29, 0.717) is 42.7 Å². The highest BCUT2D eigenvalue weighted by atomic mass is 32.1. The van der Waals surface area contributed by atoms with Gasteiger partial charge in [0.1, 0.15) is 17.4 Å². The minimum absolute atomic E-state index is 0.110. The molecule has 2 N–H and O–H groups in total. The van der Waals surface area contributed by atoms with Crippen LogP contribution in [0.1, 0.15) is 37.6 Å². The fourth-order valence-electron chi connectivity index (χ4n) is 3.39. The summed E-state index contributed by atoms with van der Waals surface area (Å²) in [5, 5.41) is 9.82. The lowest BCUT2D eigenvalue weighted by Gasteiger charge is -2.38. The Bertz CT molecular complexity index is 1010. The summed E-state index contributed by atoms with van der Waals surface area (Å²) in [4.78, 5) is 15.0. The van der Waals surface area contributed by atoms with Gasteiger partial charge >= 0.3 is 0 Å². The number of carbonyl (C=O) groups is 1. The molecular formula is C21H24F2N4O3S. The van der Waals surface area contributed by atoms with Crippen LogP contribution in [0.15, 0.2) is 40.1 Å². The number of carbonyl (C=O) groups excluding carboxylic acids is 1. The predicted octanol–water partition coefficient (Wildman–Crippen LogP) is 3.83. The van der Waals surface area contributed by atoms with Crippen LogP contribution < -0.4 is 10.6 Å². The zero-order valence-electron chi connectivity index (χ0n) is 17.5. The fraction of sp³-hybridized carbons (Fsp3) is 0.381. The molecule has 2 aromatic rings. The normalized spacial score (nSPS) is 16.5. The zero-order valence-corrected chi connectivity index (χ0v) is 18.3. The maximum absolute atomic E-state index is 14.6. The monoisotopic (exact) mass is 450 g/mol. The standard InChI is InChI=1S/C21H24F2N4O3S/c1-4-29-9-5-8-27-13(3)18(20(28)24-17-10-12(2)30-26-17)19(25-21(27)31)15-7-6-14(22)11-16(15)23/h6-7,10-11,19H,4-5,8-9H2,1-3H3,(H,25,31)(H,24,26,28)/t19-/m0/s1. The number of benzene rings is 1. The lowest BCUT2D eigenvalue weighted by molar-refractivity contribution is -0.113. The number of nitrogens with zero attached hydrogens (tertiary/aromatic N) is 2. The Morgan fingerprint density at radius 2 is 2.13 bits per heavy atom. The van der Waals surface area contributed by atoms with Crippen LogP contribution in [-0.2, 0) is 9.53 Å². The molecule has 1 atom stereocenters. The summed E-state index contributed by atoms with van der Waals surface area (Å²) < 4.78 is 38.4. The van der Waals surface area contributed by atoms with Gasteiger partial charge in [-0.1, -0.05) is 11.2 Å². The Morgan fingerprint density at radius 3 is 2.77 bits per heavy atom. The summed E-state index contributed by atoms with van der Waals surface area (Å²) in [5.74, 6) is -1.22. The van der Waals surface area contributed by atoms with Crippen molar-refractivity contribution in [1.29, 1.82) is 0 Å². The average molecular weight is 451 g/mol. The highest BCUT2D eigenvalue weighted by Gasteiger charge is 2.35. The van der Waals surface area contributed by atoms with Crippen molar-refractivity contribution in [1.82, 2.24) is 15.4 Å². The maximum atomic E-state index is 14.6. The van der Waals surface area contributed by atoms with Gasteiger partial charge in [0.2, 0.25) is 0 Å². The quantitative estimate of drug-likeness (QED) is 0.467. The van der Waals surface area contributed by atoms with E-state index in [-0.39, 0.29) is 17.0 Å². The molecule has 0 saturated heterocycles. The number of amides is 1. The van der Waals surface area contributed by atoms with Gasteiger partial charge in [0.15, 0.2) is 10.9 Å². The first-order valence-electron chi connectivity index (χ1n) is 9.88. The number of aromatic nitrogens is 1. The number of allylic oxidation sites excluding steroid dienone is 1. The number of aryl methyl sites for hydroxylation is 1. The molecule has 1 aromatic carbocycles. The lowest BCUT2D eigenvalue weighted by atomic mass is 9.93. The molecular weight excluding hydrogens is 426 g/mol. The van der Waals surface area contributed by atoms with Crippen molar-refractivity contribution < 1.29 is 22.8 Å². The summed E-state index contributed by atoms with van der Waals surface area (Å²) in [7, 11) is 0. The van der Waals surface area contributed by atoms with Gasteiger partial charge in [0.05, 0.1) is 11.6 Å². The third-order valence-corrected chi connectivity index (χ3v) is 5.20. The van der Waals surface area contributed by atoms with Crippen molar-refractivity contribution >= 4 is 29.1 Å². The predicted molar refractivity (Wildman–Crippen MR) is 115 cm³/mol. The third-order valence-electron chi connectivity index (χ3n) is 4.86. The molecule has 0 unspecified atom stereocenters. The van der Waals surface area contributed by atoms with Crippen molar-refractivity contribution in [2.75, 3.05) is 25.1 Å². The molecule has 1 aromatic heterocycles. The average Bonchev–Trinajstić information content (AvgIpc) is 3.11. The Labute approximate surface area is 184 Å². The van der Waals surface area contributed by atoms with Gasteiger partial charge in [-0.25, -0.2) is 8.78 Å². The van der Waals surface area contributed by atoms with E-state index >= 15 is 0 Å². The van der Waals surface area contributed by atoms with E-state index in [9.17, 15) is 13.6 Å². The Morgan fingerprint density at radius 1 is 1.35 bits per heavy atom. The van der Waals surface area contributed by atoms with Crippen LogP contribution in [0.4, 0.5) is 14.6 Å². The molecule has 0 bridgehead atoms. The van der Waals surface area contributed by atoms with Gasteiger partial charge < -0.3 is 24.8 Å². The van der Waals surface area contributed by atoms with Crippen molar-refractivity contribution in [3.8, 4) is 0 Å². The zero-order chi connectivity index (χ0) is 22.5. The molecule has 31 heavy (non-hydrogen) atoms. The lowest BCUT2D eigenvalue weighted by Crippen LogP contribution is -2.49. The summed E-state index contributed by atoms with van der Waals surface area (Å²) in [5.41, 5.74) is 0.918. The second-order valence-corrected chi connectivity index (χ2v) is 7.41. The molecule has 3 rings (SSSR count). The van der Waals surface area contributed by atoms with Gasteiger partial charge in [-0.2, -0.15) is 0 Å². The van der Waals surface area contributed by atoms with Crippen LogP contribution in [0.25, 0.3) is 0 Å². The van der Waals surface area contributed by atoms with Crippen molar-refractivity contribution in [2.45, 2.75) is 33.2 Å². The van der Waals surface area contributed by atoms with Crippen molar-refractivity contribution in [3.05, 3.63) is 58.5 Å². The van der Waals surface area contributed by atoms with E-state index in [1.807, 2.05) is 6.92 Å². The molecule has 0 fully saturated rings. The summed E-state index contributed by atoms with van der Waals surface area (Å²) >= 11 is 5.49. The first-order valence-corrected chi connectivity index (χ1v) is 10.3. The van der Waals surface area contributed by atoms with Crippen molar-refractivity contribution in [3.63, 3.8) is 0 Å². The highest BCUT2D eigenvalue weighted by Crippen LogP contribution is 2.33. The third kappa shape index (κ3) is 5.26. The van der Waals surface area contributed by atoms with Crippen LogP contribution in [0.2, 0.25) is 0 Å². The van der Waals surface area contributed by atoms with Crippen LogP contribution in [0.3, 0.4) is 0 Å². The van der Waals surface area contributed by atoms with Crippen LogP contribution in [-0.4, -0.2) is 40.8 Å². The Balaban J connectivity index is 1.97. The summed E-state index contributed by atoms with van der Waals surface area (Å²) in [6.07, 6.45) is 0.681. The fourth-order valence-corrected chi connectivity index (χ4v) is 3.74. The van der Waals surface area contributed by atoms with Gasteiger partial charge in [-0.05, 0) is 45.5 Å². The molecule has 0 spiro atoms. The SMILES string of the molecule is CCOCCCN1C(=S)N[C@@H](c2ccc(F)cc2F)C(C(=O)Nc2cc(C)on2)=C1C. The van der Waals surface area contributed by atoms with Gasteiger partial charge in [-0.15, -0.1) is 0 Å².